The van der Waals surface area contributed by atoms with Crippen molar-refractivity contribution in [3.05, 3.63) is 33.0 Å². The van der Waals surface area contributed by atoms with Crippen LogP contribution >= 0.6 is 15.9 Å². The Morgan fingerprint density at radius 2 is 2.07 bits per heavy atom. The lowest BCUT2D eigenvalue weighted by atomic mass is 9.90. The van der Waals surface area contributed by atoms with Gasteiger partial charge in [0.25, 0.3) is 0 Å². The number of nitrogens with two attached hydrogens (primary N) is 1. The molecular formula is C12H15BrFN. The molecule has 2 rings (SSSR count). The van der Waals surface area contributed by atoms with Gasteiger partial charge in [-0.1, -0.05) is 6.07 Å². The van der Waals surface area contributed by atoms with Crippen molar-refractivity contribution in [1.82, 2.24) is 0 Å². The molecule has 0 bridgehead atoms. The van der Waals surface area contributed by atoms with Crippen molar-refractivity contribution in [3.63, 3.8) is 0 Å². The Balaban J connectivity index is 2.58. The van der Waals surface area contributed by atoms with Crippen molar-refractivity contribution in [1.29, 1.82) is 0 Å². The number of aryl methyl sites for hydroxylation is 1. The van der Waals surface area contributed by atoms with Crippen molar-refractivity contribution in [2.24, 2.45) is 5.73 Å². The topological polar surface area (TPSA) is 26.0 Å². The maximum absolute atomic E-state index is 13.9. The first-order chi connectivity index (χ1) is 7.02. The summed E-state index contributed by atoms with van der Waals surface area (Å²) in [7, 11) is 0. The summed E-state index contributed by atoms with van der Waals surface area (Å²) in [6.45, 7) is 4.38. The number of benzene rings is 1. The van der Waals surface area contributed by atoms with Gasteiger partial charge in [-0.15, -0.1) is 0 Å². The van der Waals surface area contributed by atoms with Gasteiger partial charge in [-0.2, -0.15) is 0 Å². The van der Waals surface area contributed by atoms with Gasteiger partial charge < -0.3 is 5.73 Å². The smallest absolute Gasteiger partial charge is 0.140 e. The third kappa shape index (κ3) is 1.62. The minimum Gasteiger partial charge on any atom is -0.330 e. The highest BCUT2D eigenvalue weighted by Gasteiger charge is 2.44. The van der Waals surface area contributed by atoms with Crippen LogP contribution in [0, 0.1) is 19.7 Å². The number of rotatable bonds is 2. The van der Waals surface area contributed by atoms with E-state index in [0.29, 0.717) is 11.0 Å². The SMILES string of the molecule is Cc1cc(C2(CN)CC2)c(C)c(F)c1Br. The van der Waals surface area contributed by atoms with Gasteiger partial charge in [-0.05, 0) is 59.3 Å². The van der Waals surface area contributed by atoms with E-state index in [1.54, 1.807) is 0 Å². The molecule has 1 aromatic rings. The van der Waals surface area contributed by atoms with Crippen LogP contribution in [0.5, 0.6) is 0 Å². The summed E-state index contributed by atoms with van der Waals surface area (Å²) in [6, 6.07) is 2.07. The van der Waals surface area contributed by atoms with E-state index in [1.807, 2.05) is 13.8 Å². The molecule has 2 N–H and O–H groups in total. The standard InChI is InChI=1S/C12H15BrFN/c1-7-5-9(12(6-15)3-4-12)8(2)11(14)10(7)13/h5H,3-4,6,15H2,1-2H3. The third-order valence-electron chi connectivity index (χ3n) is 3.45. The molecule has 0 unspecified atom stereocenters. The van der Waals surface area contributed by atoms with Crippen LogP contribution in [0.4, 0.5) is 4.39 Å². The molecule has 0 aliphatic heterocycles. The maximum atomic E-state index is 13.9. The summed E-state index contributed by atoms with van der Waals surface area (Å²) >= 11 is 3.27. The van der Waals surface area contributed by atoms with E-state index >= 15 is 0 Å². The molecule has 1 saturated carbocycles. The number of hydrogen-bond donors (Lipinski definition) is 1. The average Bonchev–Trinajstić information content (AvgIpc) is 3.01. The molecule has 1 nitrogen and oxygen atoms in total. The monoisotopic (exact) mass is 271 g/mol. The van der Waals surface area contributed by atoms with Crippen LogP contribution in [-0.4, -0.2) is 6.54 Å². The molecule has 0 heterocycles. The number of halogens is 2. The molecule has 3 heteroatoms. The Labute approximate surface area is 98.0 Å². The Morgan fingerprint density at radius 3 is 2.53 bits per heavy atom. The van der Waals surface area contributed by atoms with Crippen molar-refractivity contribution in [2.75, 3.05) is 6.54 Å². The van der Waals surface area contributed by atoms with Gasteiger partial charge in [0.1, 0.15) is 5.82 Å². The molecule has 1 fully saturated rings. The Kier molecular flexibility index (Phi) is 2.63. The first-order valence-corrected chi connectivity index (χ1v) is 5.97. The highest BCUT2D eigenvalue weighted by molar-refractivity contribution is 9.10. The summed E-state index contributed by atoms with van der Waals surface area (Å²) in [5.41, 5.74) is 8.64. The summed E-state index contributed by atoms with van der Waals surface area (Å²) in [4.78, 5) is 0. The van der Waals surface area contributed by atoms with Crippen molar-refractivity contribution in [3.8, 4) is 0 Å². The lowest BCUT2D eigenvalue weighted by Crippen LogP contribution is -2.21. The van der Waals surface area contributed by atoms with Gasteiger partial charge >= 0.3 is 0 Å². The molecule has 0 spiro atoms. The van der Waals surface area contributed by atoms with Gasteiger partial charge in [0.05, 0.1) is 4.47 Å². The van der Waals surface area contributed by atoms with Gasteiger partial charge in [-0.3, -0.25) is 0 Å². The molecule has 1 aliphatic rings. The maximum Gasteiger partial charge on any atom is 0.140 e. The lowest BCUT2D eigenvalue weighted by molar-refractivity contribution is 0.596. The minimum absolute atomic E-state index is 0.0659. The molecule has 1 aromatic carbocycles. The second-order valence-electron chi connectivity index (χ2n) is 4.48. The lowest BCUT2D eigenvalue weighted by Gasteiger charge is -2.18. The summed E-state index contributed by atoms with van der Waals surface area (Å²) in [5, 5.41) is 0. The van der Waals surface area contributed by atoms with Gasteiger partial charge in [0, 0.05) is 12.0 Å². The Bertz CT molecular complexity index is 411. The van der Waals surface area contributed by atoms with Crippen LogP contribution in [0.2, 0.25) is 0 Å². The van der Waals surface area contributed by atoms with E-state index in [4.69, 9.17) is 5.73 Å². The van der Waals surface area contributed by atoms with Crippen molar-refractivity contribution in [2.45, 2.75) is 32.1 Å². The quantitative estimate of drug-likeness (QED) is 0.879. The molecule has 1 aliphatic carbocycles. The van der Waals surface area contributed by atoms with Crippen LogP contribution < -0.4 is 5.73 Å². The summed E-state index contributed by atoms with van der Waals surface area (Å²) in [6.07, 6.45) is 2.18. The second-order valence-corrected chi connectivity index (χ2v) is 5.27. The molecule has 0 aromatic heterocycles. The van der Waals surface area contributed by atoms with Crippen LogP contribution in [-0.2, 0) is 5.41 Å². The van der Waals surface area contributed by atoms with E-state index < -0.39 is 0 Å². The normalized spacial score (nSPS) is 17.9. The zero-order valence-corrected chi connectivity index (χ0v) is 10.6. The van der Waals surface area contributed by atoms with E-state index in [0.717, 1.165) is 29.5 Å². The highest BCUT2D eigenvalue weighted by Crippen LogP contribution is 2.49. The zero-order valence-electron chi connectivity index (χ0n) is 9.03. The van der Waals surface area contributed by atoms with E-state index in [1.165, 1.54) is 0 Å². The third-order valence-corrected chi connectivity index (χ3v) is 4.42. The van der Waals surface area contributed by atoms with Crippen LogP contribution in [0.1, 0.15) is 29.5 Å². The molecule has 0 radical (unpaired) electrons. The highest BCUT2D eigenvalue weighted by atomic mass is 79.9. The predicted octanol–water partition coefficient (Wildman–Crippen LogP) is 3.20. The summed E-state index contributed by atoms with van der Waals surface area (Å²) in [5.74, 6) is -0.135. The zero-order chi connectivity index (χ0) is 11.2. The van der Waals surface area contributed by atoms with Crippen molar-refractivity contribution < 1.29 is 4.39 Å². The fraction of sp³-hybridized carbons (Fsp3) is 0.500. The molecule has 0 atom stereocenters. The molecule has 0 amide bonds. The first-order valence-electron chi connectivity index (χ1n) is 5.17. The van der Waals surface area contributed by atoms with Gasteiger partial charge in [0.15, 0.2) is 0 Å². The van der Waals surface area contributed by atoms with Crippen molar-refractivity contribution >= 4 is 15.9 Å². The minimum atomic E-state index is -0.135. The Hall–Kier alpha value is -0.410. The average molecular weight is 272 g/mol. The second kappa shape index (κ2) is 3.56. The van der Waals surface area contributed by atoms with E-state index in [-0.39, 0.29) is 11.2 Å². The number of hydrogen-bond acceptors (Lipinski definition) is 1. The molecular weight excluding hydrogens is 257 g/mol. The van der Waals surface area contributed by atoms with Gasteiger partial charge in [0.2, 0.25) is 0 Å². The molecule has 15 heavy (non-hydrogen) atoms. The van der Waals surface area contributed by atoms with Crippen LogP contribution in [0.25, 0.3) is 0 Å². The molecule has 82 valence electrons. The molecule has 0 saturated heterocycles. The van der Waals surface area contributed by atoms with Crippen LogP contribution in [0.3, 0.4) is 0 Å². The van der Waals surface area contributed by atoms with Crippen LogP contribution in [0.15, 0.2) is 10.5 Å². The van der Waals surface area contributed by atoms with Gasteiger partial charge in [-0.25, -0.2) is 4.39 Å². The fourth-order valence-corrected chi connectivity index (χ4v) is 2.54. The first kappa shape index (κ1) is 11.1. The largest absolute Gasteiger partial charge is 0.330 e. The predicted molar refractivity (Wildman–Crippen MR) is 63.5 cm³/mol. The Morgan fingerprint density at radius 1 is 1.47 bits per heavy atom. The van der Waals surface area contributed by atoms with E-state index in [9.17, 15) is 4.39 Å². The summed E-state index contributed by atoms with van der Waals surface area (Å²) < 4.78 is 14.4. The van der Waals surface area contributed by atoms with E-state index in [2.05, 4.69) is 22.0 Å². The fourth-order valence-electron chi connectivity index (χ4n) is 2.13.